The molecule has 0 fully saturated rings. The molecular weight excluding hydrogens is 334 g/mol. The molecule has 0 spiro atoms. The summed E-state index contributed by atoms with van der Waals surface area (Å²) in [4.78, 5) is 15.9. The van der Waals surface area contributed by atoms with E-state index in [-0.39, 0.29) is 5.41 Å². The molecule has 3 aromatic rings. The maximum Gasteiger partial charge on any atom is 0.128 e. The first-order valence-electron chi connectivity index (χ1n) is 7.95. The molecule has 3 aromatic heterocycles. The molecule has 0 N–H and O–H groups in total. The molecule has 0 bridgehead atoms. The third-order valence-corrected chi connectivity index (χ3v) is 6.47. The number of fused-ring (bicyclic) bond motifs is 1. The molecule has 0 saturated carbocycles. The van der Waals surface area contributed by atoms with E-state index < -0.39 is 0 Å². The highest BCUT2D eigenvalue weighted by molar-refractivity contribution is 7.16. The highest BCUT2D eigenvalue weighted by Gasteiger charge is 2.28. The van der Waals surface area contributed by atoms with Crippen LogP contribution in [-0.4, -0.2) is 17.5 Å². The predicted octanol–water partition coefficient (Wildman–Crippen LogP) is 6.13. The van der Waals surface area contributed by atoms with Gasteiger partial charge in [0.1, 0.15) is 15.7 Å². The summed E-state index contributed by atoms with van der Waals surface area (Å²) in [6.45, 7) is 12.2. The second-order valence-corrected chi connectivity index (χ2v) is 8.20. The van der Waals surface area contributed by atoms with Gasteiger partial charge in [-0.3, -0.25) is 0 Å². The topological polar surface area (TPSA) is 37.6 Å². The molecule has 0 aromatic carbocycles. The maximum atomic E-state index is 4.88. The number of aliphatic imine (C=N–C) groups is 2. The van der Waals surface area contributed by atoms with Crippen LogP contribution in [0.15, 0.2) is 39.6 Å². The summed E-state index contributed by atoms with van der Waals surface area (Å²) >= 11 is 3.40. The number of rotatable bonds is 4. The molecule has 0 unspecified atom stereocenters. The molecule has 3 rings (SSSR count). The van der Waals surface area contributed by atoms with Crippen molar-refractivity contribution in [1.29, 1.82) is 0 Å². The molecule has 0 aliphatic carbocycles. The zero-order valence-electron chi connectivity index (χ0n) is 14.5. The summed E-state index contributed by atoms with van der Waals surface area (Å²) < 4.78 is 0. The Labute approximate surface area is 150 Å². The van der Waals surface area contributed by atoms with Gasteiger partial charge < -0.3 is 0 Å². The van der Waals surface area contributed by atoms with Crippen LogP contribution < -0.4 is 0 Å². The molecule has 0 amide bonds. The van der Waals surface area contributed by atoms with Crippen molar-refractivity contribution in [2.45, 2.75) is 39.5 Å². The van der Waals surface area contributed by atoms with Gasteiger partial charge >= 0.3 is 0 Å². The first-order chi connectivity index (χ1) is 11.5. The highest BCUT2D eigenvalue weighted by Crippen LogP contribution is 2.41. The lowest BCUT2D eigenvalue weighted by molar-refractivity contribution is 0.634. The predicted molar refractivity (Wildman–Crippen MR) is 108 cm³/mol. The normalized spacial score (nSPS) is 12.8. The Balaban J connectivity index is 2.03. The second kappa shape index (κ2) is 6.57. The number of aromatic nitrogens is 1. The minimum absolute atomic E-state index is 0.157. The van der Waals surface area contributed by atoms with Crippen molar-refractivity contribution in [3.8, 4) is 0 Å². The summed E-state index contributed by atoms with van der Waals surface area (Å²) in [5, 5.41) is 4.31. The van der Waals surface area contributed by atoms with E-state index in [4.69, 9.17) is 4.98 Å². The van der Waals surface area contributed by atoms with Crippen LogP contribution in [0.25, 0.3) is 10.2 Å². The Morgan fingerprint density at radius 1 is 1.29 bits per heavy atom. The van der Waals surface area contributed by atoms with Crippen molar-refractivity contribution in [2.75, 3.05) is 0 Å². The third-order valence-electron chi connectivity index (χ3n) is 4.19. The van der Waals surface area contributed by atoms with Gasteiger partial charge in [0.2, 0.25) is 0 Å². The molecule has 0 aliphatic heterocycles. The molecule has 24 heavy (non-hydrogen) atoms. The first kappa shape index (κ1) is 17.0. The number of amidine groups is 1. The van der Waals surface area contributed by atoms with Crippen molar-refractivity contribution in [3.05, 3.63) is 45.8 Å². The molecule has 5 heteroatoms. The van der Waals surface area contributed by atoms with Crippen LogP contribution in [0.1, 0.15) is 43.3 Å². The van der Waals surface area contributed by atoms with Gasteiger partial charge in [0, 0.05) is 22.1 Å². The molecule has 0 atom stereocenters. The zero-order valence-corrected chi connectivity index (χ0v) is 16.1. The lowest BCUT2D eigenvalue weighted by atomic mass is 9.86. The smallest absolute Gasteiger partial charge is 0.128 e. The van der Waals surface area contributed by atoms with Crippen LogP contribution in [-0.2, 0) is 5.41 Å². The number of thiophene rings is 2. The van der Waals surface area contributed by atoms with Gasteiger partial charge in [-0.2, -0.15) is 0 Å². The molecule has 0 saturated heterocycles. The third kappa shape index (κ3) is 3.06. The number of pyridine rings is 1. The molecule has 0 radical (unpaired) electrons. The summed E-state index contributed by atoms with van der Waals surface area (Å²) in [6.07, 6.45) is 0.788. The van der Waals surface area contributed by atoms with Gasteiger partial charge in [-0.05, 0) is 56.6 Å². The van der Waals surface area contributed by atoms with Gasteiger partial charge in [-0.15, -0.1) is 22.7 Å². The summed E-state index contributed by atoms with van der Waals surface area (Å²) in [6, 6.07) is 8.63. The standard InChI is InChI=1S/C19H21N3S2/c1-6-16(20-5)22-17-12(2)11-15(24-17)19(3,4)14-8-7-13-9-10-23-18(13)21-14/h7-11H,5-6H2,1-4H3. The molecule has 3 heterocycles. The van der Waals surface area contributed by atoms with Gasteiger partial charge in [0.25, 0.3) is 0 Å². The fourth-order valence-corrected chi connectivity index (χ4v) is 4.49. The van der Waals surface area contributed by atoms with Gasteiger partial charge in [0.05, 0.1) is 5.69 Å². The van der Waals surface area contributed by atoms with Crippen LogP contribution >= 0.6 is 22.7 Å². The number of hydrogen-bond acceptors (Lipinski definition) is 4. The Bertz CT molecular complexity index is 916. The fraction of sp³-hybridized carbons (Fsp3) is 0.316. The summed E-state index contributed by atoms with van der Waals surface area (Å²) in [7, 11) is 0. The van der Waals surface area contributed by atoms with Crippen LogP contribution in [0.4, 0.5) is 5.00 Å². The van der Waals surface area contributed by atoms with E-state index in [0.29, 0.717) is 0 Å². The minimum Gasteiger partial charge on any atom is -0.249 e. The van der Waals surface area contributed by atoms with E-state index in [0.717, 1.165) is 27.8 Å². The molecule has 3 nitrogen and oxygen atoms in total. The van der Waals surface area contributed by atoms with E-state index in [9.17, 15) is 0 Å². The Hall–Kier alpha value is -1.85. The van der Waals surface area contributed by atoms with Crippen LogP contribution in [0.2, 0.25) is 0 Å². The average Bonchev–Trinajstić information content (AvgIpc) is 3.18. The fourth-order valence-electron chi connectivity index (χ4n) is 2.55. The van der Waals surface area contributed by atoms with Gasteiger partial charge in [0.15, 0.2) is 0 Å². The van der Waals surface area contributed by atoms with Crippen molar-refractivity contribution >= 4 is 50.4 Å². The largest absolute Gasteiger partial charge is 0.249 e. The van der Waals surface area contributed by atoms with Crippen molar-refractivity contribution in [1.82, 2.24) is 4.98 Å². The van der Waals surface area contributed by atoms with E-state index in [1.165, 1.54) is 15.8 Å². The SMILES string of the molecule is C=NC(CC)=Nc1sc(C(C)(C)c2ccc3ccsc3n2)cc1C. The van der Waals surface area contributed by atoms with Gasteiger partial charge in [-0.1, -0.05) is 13.0 Å². The minimum atomic E-state index is -0.157. The molecular formula is C19H21N3S2. The maximum absolute atomic E-state index is 4.88. The van der Waals surface area contributed by atoms with Crippen molar-refractivity contribution in [2.24, 2.45) is 9.98 Å². The monoisotopic (exact) mass is 355 g/mol. The Morgan fingerprint density at radius 3 is 2.79 bits per heavy atom. The average molecular weight is 356 g/mol. The number of aryl methyl sites for hydroxylation is 1. The number of nitrogens with zero attached hydrogens (tertiary/aromatic N) is 3. The van der Waals surface area contributed by atoms with E-state index in [2.05, 4.69) is 67.1 Å². The van der Waals surface area contributed by atoms with E-state index in [1.807, 2.05) is 6.92 Å². The van der Waals surface area contributed by atoms with Gasteiger partial charge in [-0.25, -0.2) is 15.0 Å². The summed E-state index contributed by atoms with van der Waals surface area (Å²) in [5.41, 5.74) is 2.11. The Kier molecular flexibility index (Phi) is 4.65. The molecule has 0 aliphatic rings. The number of hydrogen-bond donors (Lipinski definition) is 0. The van der Waals surface area contributed by atoms with E-state index in [1.54, 1.807) is 22.7 Å². The van der Waals surface area contributed by atoms with Crippen LogP contribution in [0, 0.1) is 6.92 Å². The molecule has 124 valence electrons. The van der Waals surface area contributed by atoms with E-state index >= 15 is 0 Å². The first-order valence-corrected chi connectivity index (χ1v) is 9.65. The van der Waals surface area contributed by atoms with Crippen LogP contribution in [0.3, 0.4) is 0 Å². The quantitative estimate of drug-likeness (QED) is 0.409. The van der Waals surface area contributed by atoms with Crippen molar-refractivity contribution < 1.29 is 0 Å². The lowest BCUT2D eigenvalue weighted by Crippen LogP contribution is -2.18. The zero-order chi connectivity index (χ0) is 17.3. The second-order valence-electron chi connectivity index (χ2n) is 6.27. The van der Waals surface area contributed by atoms with Crippen LogP contribution in [0.5, 0.6) is 0 Å². The summed E-state index contributed by atoms with van der Waals surface area (Å²) in [5.74, 6) is 0.780. The Morgan fingerprint density at radius 2 is 2.08 bits per heavy atom. The lowest BCUT2D eigenvalue weighted by Gasteiger charge is -2.22. The van der Waals surface area contributed by atoms with Crippen molar-refractivity contribution in [3.63, 3.8) is 0 Å². The highest BCUT2D eigenvalue weighted by atomic mass is 32.1.